The van der Waals surface area contributed by atoms with Gasteiger partial charge in [-0.2, -0.15) is 0 Å². The fourth-order valence-electron chi connectivity index (χ4n) is 2.49. The molecular weight excluding hydrogens is 364 g/mol. The molecule has 2 aromatic heterocycles. The van der Waals surface area contributed by atoms with Gasteiger partial charge in [0.2, 0.25) is 0 Å². The number of nitrogens with zero attached hydrogens (tertiary/aromatic N) is 3. The zero-order chi connectivity index (χ0) is 19.6. The Bertz CT molecular complexity index is 897. The van der Waals surface area contributed by atoms with E-state index in [2.05, 4.69) is 65.5 Å². The fourth-order valence-corrected chi connectivity index (χ4v) is 3.48. The monoisotopic (exact) mass is 388 g/mol. The predicted molar refractivity (Wildman–Crippen MR) is 106 cm³/mol. The van der Waals surface area contributed by atoms with Crippen molar-refractivity contribution >= 4 is 17.4 Å². The van der Waals surface area contributed by atoms with Crippen molar-refractivity contribution < 1.29 is 14.6 Å². The minimum absolute atomic E-state index is 0.110. The highest BCUT2D eigenvalue weighted by molar-refractivity contribution is 7.18. The molecule has 0 unspecified atom stereocenters. The molecule has 0 aliphatic carbocycles. The first-order valence-electron chi connectivity index (χ1n) is 8.73. The number of anilines is 1. The molecule has 0 spiro atoms. The summed E-state index contributed by atoms with van der Waals surface area (Å²) in [5, 5.41) is 29.9. The van der Waals surface area contributed by atoms with Crippen molar-refractivity contribution in [2.75, 3.05) is 18.5 Å². The van der Waals surface area contributed by atoms with Crippen molar-refractivity contribution in [2.24, 2.45) is 0 Å². The van der Waals surface area contributed by atoms with E-state index in [4.69, 9.17) is 9.52 Å². The van der Waals surface area contributed by atoms with E-state index in [1.165, 1.54) is 16.9 Å². The molecule has 0 radical (unpaired) electrons. The normalized spacial score (nSPS) is 13.0. The summed E-state index contributed by atoms with van der Waals surface area (Å²) < 4.78 is 5.60. The first kappa shape index (κ1) is 19.5. The number of hydrogen-bond donors (Lipinski definition) is 3. The van der Waals surface area contributed by atoms with E-state index in [9.17, 15) is 5.11 Å². The lowest BCUT2D eigenvalue weighted by Crippen LogP contribution is -2.23. The molecule has 0 saturated carbocycles. The zero-order valence-corrected chi connectivity index (χ0v) is 16.7. The zero-order valence-electron chi connectivity index (χ0n) is 15.9. The van der Waals surface area contributed by atoms with E-state index in [1.807, 2.05) is 6.92 Å². The minimum Gasteiger partial charge on any atom is -0.402 e. The van der Waals surface area contributed by atoms with Crippen molar-refractivity contribution in [3.05, 3.63) is 35.5 Å². The SMILES string of the molecule is Cc1nc(-c2ccc(C(C)(C)C)cc2)sc1-c1nnc(NC[C@@H](O)CO)o1. The van der Waals surface area contributed by atoms with Crippen LogP contribution in [0, 0.1) is 6.92 Å². The molecule has 0 fully saturated rings. The van der Waals surface area contributed by atoms with Crippen LogP contribution in [-0.2, 0) is 5.41 Å². The van der Waals surface area contributed by atoms with E-state index in [0.717, 1.165) is 21.1 Å². The Hall–Kier alpha value is -2.29. The maximum absolute atomic E-state index is 9.38. The molecule has 7 nitrogen and oxygen atoms in total. The number of nitrogens with one attached hydrogen (secondary N) is 1. The molecular formula is C19H24N4O3S. The summed E-state index contributed by atoms with van der Waals surface area (Å²) in [6.07, 6.45) is -0.881. The Morgan fingerprint density at radius 1 is 1.19 bits per heavy atom. The highest BCUT2D eigenvalue weighted by atomic mass is 32.1. The standard InChI is InChI=1S/C19H24N4O3S/c1-11-15(16-22-23-18(26-16)20-9-14(25)10-24)27-17(21-11)12-5-7-13(8-6-12)19(2,3)4/h5-8,14,24-25H,9-10H2,1-4H3,(H,20,23)/t14-/m1/s1. The lowest BCUT2D eigenvalue weighted by Gasteiger charge is -2.18. The van der Waals surface area contributed by atoms with Crippen LogP contribution in [0.3, 0.4) is 0 Å². The molecule has 3 aromatic rings. The molecule has 8 heteroatoms. The number of aryl methyl sites for hydroxylation is 1. The van der Waals surface area contributed by atoms with Crippen LogP contribution in [0.4, 0.5) is 6.01 Å². The van der Waals surface area contributed by atoms with Crippen LogP contribution in [0.15, 0.2) is 28.7 Å². The number of hydrogen-bond acceptors (Lipinski definition) is 8. The molecule has 0 aliphatic heterocycles. The summed E-state index contributed by atoms with van der Waals surface area (Å²) in [6, 6.07) is 8.63. The Morgan fingerprint density at radius 3 is 2.52 bits per heavy atom. The maximum atomic E-state index is 9.38. The first-order chi connectivity index (χ1) is 12.8. The van der Waals surface area contributed by atoms with Gasteiger partial charge in [0, 0.05) is 12.1 Å². The van der Waals surface area contributed by atoms with Crippen molar-refractivity contribution in [3.8, 4) is 21.3 Å². The average Bonchev–Trinajstić information content (AvgIpc) is 3.25. The van der Waals surface area contributed by atoms with Gasteiger partial charge in [-0.3, -0.25) is 0 Å². The van der Waals surface area contributed by atoms with Crippen LogP contribution in [0.1, 0.15) is 32.0 Å². The van der Waals surface area contributed by atoms with Crippen molar-refractivity contribution in [2.45, 2.75) is 39.2 Å². The van der Waals surface area contributed by atoms with Crippen molar-refractivity contribution in [1.82, 2.24) is 15.2 Å². The summed E-state index contributed by atoms with van der Waals surface area (Å²) in [7, 11) is 0. The summed E-state index contributed by atoms with van der Waals surface area (Å²) in [4.78, 5) is 5.46. The highest BCUT2D eigenvalue weighted by Gasteiger charge is 2.18. The number of aliphatic hydroxyl groups excluding tert-OH is 2. The smallest absolute Gasteiger partial charge is 0.315 e. The average molecular weight is 388 g/mol. The van der Waals surface area contributed by atoms with Crippen molar-refractivity contribution in [1.29, 1.82) is 0 Å². The minimum atomic E-state index is -0.881. The third kappa shape index (κ3) is 4.52. The Balaban J connectivity index is 1.80. The molecule has 144 valence electrons. The molecule has 0 aliphatic rings. The van der Waals surface area contributed by atoms with Crippen LogP contribution in [0.2, 0.25) is 0 Å². The van der Waals surface area contributed by atoms with Crippen molar-refractivity contribution in [3.63, 3.8) is 0 Å². The van der Waals surface area contributed by atoms with Crippen LogP contribution < -0.4 is 5.32 Å². The van der Waals surface area contributed by atoms with Crippen LogP contribution in [0.5, 0.6) is 0 Å². The largest absolute Gasteiger partial charge is 0.402 e. The van der Waals surface area contributed by atoms with E-state index >= 15 is 0 Å². The summed E-state index contributed by atoms with van der Waals surface area (Å²) in [5.41, 5.74) is 3.25. The van der Waals surface area contributed by atoms with Crippen LogP contribution >= 0.6 is 11.3 Å². The summed E-state index contributed by atoms with van der Waals surface area (Å²) >= 11 is 1.50. The molecule has 1 aromatic carbocycles. The second-order valence-electron chi connectivity index (χ2n) is 7.39. The number of aromatic nitrogens is 3. The molecule has 3 N–H and O–H groups in total. The van der Waals surface area contributed by atoms with Gasteiger partial charge < -0.3 is 19.9 Å². The lowest BCUT2D eigenvalue weighted by molar-refractivity contribution is 0.105. The predicted octanol–water partition coefficient (Wildman–Crippen LogP) is 3.23. The quantitative estimate of drug-likeness (QED) is 0.595. The number of aliphatic hydroxyl groups is 2. The molecule has 0 bridgehead atoms. The van der Waals surface area contributed by atoms with Gasteiger partial charge in [-0.05, 0) is 17.9 Å². The highest BCUT2D eigenvalue weighted by Crippen LogP contribution is 2.35. The van der Waals surface area contributed by atoms with Crippen LogP contribution in [0.25, 0.3) is 21.3 Å². The van der Waals surface area contributed by atoms with E-state index < -0.39 is 6.10 Å². The Morgan fingerprint density at radius 2 is 1.89 bits per heavy atom. The van der Waals surface area contributed by atoms with Gasteiger partial charge in [0.1, 0.15) is 9.88 Å². The van der Waals surface area contributed by atoms with Gasteiger partial charge in [-0.15, -0.1) is 16.4 Å². The summed E-state index contributed by atoms with van der Waals surface area (Å²) in [6.45, 7) is 8.27. The fraction of sp³-hybridized carbons (Fsp3) is 0.421. The topological polar surface area (TPSA) is 104 Å². The number of rotatable bonds is 6. The summed E-state index contributed by atoms with van der Waals surface area (Å²) in [5.74, 6) is 0.378. The maximum Gasteiger partial charge on any atom is 0.315 e. The number of benzene rings is 1. The van der Waals surface area contributed by atoms with E-state index in [1.54, 1.807) is 0 Å². The van der Waals surface area contributed by atoms with Gasteiger partial charge >= 0.3 is 6.01 Å². The molecule has 0 amide bonds. The molecule has 0 saturated heterocycles. The molecule has 27 heavy (non-hydrogen) atoms. The Labute approximate surface area is 162 Å². The molecule has 3 rings (SSSR count). The first-order valence-corrected chi connectivity index (χ1v) is 9.54. The van der Waals surface area contributed by atoms with Crippen LogP contribution in [-0.4, -0.2) is 44.7 Å². The van der Waals surface area contributed by atoms with E-state index in [0.29, 0.717) is 5.89 Å². The third-order valence-electron chi connectivity index (χ3n) is 4.11. The molecule has 1 atom stereocenters. The van der Waals surface area contributed by atoms with Gasteiger partial charge in [0.05, 0.1) is 18.4 Å². The number of thiazole rings is 1. The van der Waals surface area contributed by atoms with Gasteiger partial charge in [-0.1, -0.05) is 50.1 Å². The third-order valence-corrected chi connectivity index (χ3v) is 5.31. The van der Waals surface area contributed by atoms with Gasteiger partial charge in [-0.25, -0.2) is 4.98 Å². The lowest BCUT2D eigenvalue weighted by atomic mass is 9.87. The van der Waals surface area contributed by atoms with Gasteiger partial charge in [0.15, 0.2) is 0 Å². The van der Waals surface area contributed by atoms with E-state index in [-0.39, 0.29) is 24.6 Å². The second-order valence-corrected chi connectivity index (χ2v) is 8.39. The van der Waals surface area contributed by atoms with Gasteiger partial charge in [0.25, 0.3) is 5.89 Å². The molecule has 2 heterocycles. The second kappa shape index (κ2) is 7.75. The Kier molecular flexibility index (Phi) is 5.59.